The van der Waals surface area contributed by atoms with Crippen molar-refractivity contribution < 1.29 is 14.3 Å². The molecule has 1 unspecified atom stereocenters. The third-order valence-electron chi connectivity index (χ3n) is 7.49. The molecule has 5 rings (SSSR count). The van der Waals surface area contributed by atoms with E-state index in [-0.39, 0.29) is 5.78 Å². The zero-order valence-corrected chi connectivity index (χ0v) is 24.4. The van der Waals surface area contributed by atoms with E-state index in [0.717, 1.165) is 61.5 Å². The number of nitriles is 1. The van der Waals surface area contributed by atoms with Crippen molar-refractivity contribution in [1.82, 2.24) is 0 Å². The van der Waals surface area contributed by atoms with Crippen LogP contribution in [-0.4, -0.2) is 12.9 Å². The molecule has 198 valence electrons. The number of methoxy groups -OCH3 is 1. The second-order valence-electron chi connectivity index (χ2n) is 9.89. The van der Waals surface area contributed by atoms with Crippen LogP contribution in [0.4, 0.5) is 5.69 Å². The maximum absolute atomic E-state index is 13.5. The third kappa shape index (κ3) is 5.13. The first kappa shape index (κ1) is 26.8. The number of anilines is 1. The Morgan fingerprint density at radius 3 is 2.38 bits per heavy atom. The Morgan fingerprint density at radius 2 is 1.72 bits per heavy atom. The smallest absolute Gasteiger partial charge is 0.161 e. The lowest BCUT2D eigenvalue weighted by Crippen LogP contribution is -2.39. The summed E-state index contributed by atoms with van der Waals surface area (Å²) < 4.78 is 12.4. The Hall–Kier alpha value is -3.77. The van der Waals surface area contributed by atoms with Crippen LogP contribution in [0.2, 0.25) is 0 Å². The normalized spacial score (nSPS) is 17.2. The van der Waals surface area contributed by atoms with Gasteiger partial charge in [-0.05, 0) is 120 Å². The molecule has 1 atom stereocenters. The summed E-state index contributed by atoms with van der Waals surface area (Å²) in [4.78, 5) is 15.5. The highest BCUT2D eigenvalue weighted by Crippen LogP contribution is 2.47. The van der Waals surface area contributed by atoms with E-state index in [0.29, 0.717) is 30.0 Å². The molecule has 2 N–H and O–H groups in total. The summed E-state index contributed by atoms with van der Waals surface area (Å²) in [6.45, 7) is 4.43. The van der Waals surface area contributed by atoms with E-state index in [9.17, 15) is 10.1 Å². The van der Waals surface area contributed by atoms with Gasteiger partial charge in [-0.15, -0.1) is 0 Å². The number of halogens is 1. The fraction of sp³-hybridized carbons (Fsp3) is 0.250. The minimum absolute atomic E-state index is 0.0769. The van der Waals surface area contributed by atoms with Crippen molar-refractivity contribution in [3.8, 4) is 17.6 Å². The molecular formula is C32H30IN3O3. The molecule has 1 aliphatic carbocycles. The van der Waals surface area contributed by atoms with Crippen LogP contribution in [0.25, 0.3) is 0 Å². The SMILES string of the molecule is COc1ccc(OCc2cc(C3C(C#N)=C(N)N(c4ccc(I)cc4)C4=C3C(=O)CCC4)c(C)cc2C)cc1. The number of hydrogen-bond donors (Lipinski definition) is 1. The molecule has 0 fully saturated rings. The molecule has 3 aromatic carbocycles. The highest BCUT2D eigenvalue weighted by Gasteiger charge is 2.41. The highest BCUT2D eigenvalue weighted by molar-refractivity contribution is 14.1. The molecule has 1 aliphatic heterocycles. The summed E-state index contributed by atoms with van der Waals surface area (Å²) >= 11 is 2.26. The van der Waals surface area contributed by atoms with Crippen LogP contribution < -0.4 is 20.1 Å². The van der Waals surface area contributed by atoms with E-state index in [4.69, 9.17) is 15.2 Å². The zero-order chi connectivity index (χ0) is 27.7. The van der Waals surface area contributed by atoms with E-state index in [1.165, 1.54) is 0 Å². The minimum Gasteiger partial charge on any atom is -0.497 e. The molecule has 1 heterocycles. The molecule has 0 aromatic heterocycles. The molecule has 0 spiro atoms. The molecule has 0 amide bonds. The first-order chi connectivity index (χ1) is 18.8. The van der Waals surface area contributed by atoms with E-state index >= 15 is 0 Å². The van der Waals surface area contributed by atoms with E-state index in [1.807, 2.05) is 60.4 Å². The molecule has 3 aromatic rings. The van der Waals surface area contributed by atoms with Crippen LogP contribution in [0.5, 0.6) is 11.5 Å². The number of ether oxygens (including phenoxy) is 2. The predicted molar refractivity (Wildman–Crippen MR) is 160 cm³/mol. The second-order valence-corrected chi connectivity index (χ2v) is 11.1. The number of rotatable bonds is 6. The standard InChI is InChI=1S/C32H30IN3O3/c1-19-15-20(2)26(16-21(19)18-39-25-13-11-24(38-3)12-14-25)30-27(17-34)32(35)36(23-9-7-22(33)8-10-23)28-5-4-6-29(37)31(28)30/h7-16,30H,4-6,18,35H2,1-3H3. The number of carbonyl (C=O) groups excluding carboxylic acids is 1. The van der Waals surface area contributed by atoms with E-state index < -0.39 is 5.92 Å². The van der Waals surface area contributed by atoms with Gasteiger partial charge in [-0.2, -0.15) is 5.26 Å². The molecule has 0 saturated carbocycles. The Morgan fingerprint density at radius 1 is 1.03 bits per heavy atom. The van der Waals surface area contributed by atoms with Gasteiger partial charge < -0.3 is 15.2 Å². The lowest BCUT2D eigenvalue weighted by atomic mass is 9.74. The average Bonchev–Trinajstić information content (AvgIpc) is 2.93. The zero-order valence-electron chi connectivity index (χ0n) is 22.3. The molecule has 2 aliphatic rings. The number of allylic oxidation sites excluding steroid dienone is 3. The third-order valence-corrected chi connectivity index (χ3v) is 8.21. The van der Waals surface area contributed by atoms with Crippen molar-refractivity contribution in [1.29, 1.82) is 5.26 Å². The number of aryl methyl sites for hydroxylation is 2. The molecule has 6 nitrogen and oxygen atoms in total. The van der Waals surface area contributed by atoms with Crippen LogP contribution in [0.1, 0.15) is 47.4 Å². The fourth-order valence-corrected chi connectivity index (χ4v) is 5.86. The Labute approximate surface area is 242 Å². The van der Waals surface area contributed by atoms with Gasteiger partial charge in [0.15, 0.2) is 5.78 Å². The van der Waals surface area contributed by atoms with Gasteiger partial charge >= 0.3 is 0 Å². The van der Waals surface area contributed by atoms with Gasteiger partial charge in [0.05, 0.1) is 24.7 Å². The largest absolute Gasteiger partial charge is 0.497 e. The summed E-state index contributed by atoms with van der Waals surface area (Å²) in [5, 5.41) is 10.4. The predicted octanol–water partition coefficient (Wildman–Crippen LogP) is 6.80. The van der Waals surface area contributed by atoms with Crippen LogP contribution in [-0.2, 0) is 11.4 Å². The molecule has 0 radical (unpaired) electrons. The minimum atomic E-state index is -0.516. The van der Waals surface area contributed by atoms with Crippen LogP contribution in [0.3, 0.4) is 0 Å². The van der Waals surface area contributed by atoms with Gasteiger partial charge in [-0.25, -0.2) is 0 Å². The van der Waals surface area contributed by atoms with Gasteiger partial charge in [0.1, 0.15) is 23.9 Å². The van der Waals surface area contributed by atoms with Crippen molar-refractivity contribution in [2.24, 2.45) is 5.73 Å². The fourth-order valence-electron chi connectivity index (χ4n) is 5.50. The number of benzene rings is 3. The molecular weight excluding hydrogens is 601 g/mol. The number of carbonyl (C=O) groups is 1. The maximum Gasteiger partial charge on any atom is 0.161 e. The maximum atomic E-state index is 13.5. The quantitative estimate of drug-likeness (QED) is 0.301. The van der Waals surface area contributed by atoms with Crippen LogP contribution in [0, 0.1) is 28.7 Å². The van der Waals surface area contributed by atoms with Crippen molar-refractivity contribution >= 4 is 34.1 Å². The lowest BCUT2D eigenvalue weighted by Gasteiger charge is -2.40. The van der Waals surface area contributed by atoms with Crippen LogP contribution in [0.15, 0.2) is 83.3 Å². The Balaban J connectivity index is 1.59. The van der Waals surface area contributed by atoms with Gasteiger partial charge in [0.2, 0.25) is 0 Å². The second kappa shape index (κ2) is 11.1. The molecule has 7 heteroatoms. The molecule has 39 heavy (non-hydrogen) atoms. The highest BCUT2D eigenvalue weighted by atomic mass is 127. The number of hydrogen-bond acceptors (Lipinski definition) is 6. The van der Waals surface area contributed by atoms with Crippen molar-refractivity contribution in [3.05, 3.63) is 109 Å². The molecule has 0 bridgehead atoms. The average molecular weight is 632 g/mol. The first-order valence-corrected chi connectivity index (χ1v) is 14.0. The topological polar surface area (TPSA) is 88.6 Å². The summed E-state index contributed by atoms with van der Waals surface area (Å²) in [6.07, 6.45) is 1.95. The number of nitrogens with two attached hydrogens (primary N) is 1. The Bertz CT molecular complexity index is 1530. The summed E-state index contributed by atoms with van der Waals surface area (Å²) in [7, 11) is 1.63. The van der Waals surface area contributed by atoms with Crippen molar-refractivity contribution in [3.63, 3.8) is 0 Å². The van der Waals surface area contributed by atoms with Crippen molar-refractivity contribution in [2.45, 2.75) is 45.6 Å². The van der Waals surface area contributed by atoms with E-state index in [2.05, 4.69) is 47.7 Å². The van der Waals surface area contributed by atoms with Crippen molar-refractivity contribution in [2.75, 3.05) is 12.0 Å². The van der Waals surface area contributed by atoms with Gasteiger partial charge in [-0.1, -0.05) is 12.1 Å². The number of Topliss-reactive ketones (excluding diaryl/α,β-unsaturated/α-hetero) is 1. The van der Waals surface area contributed by atoms with Gasteiger partial charge in [0.25, 0.3) is 0 Å². The monoisotopic (exact) mass is 631 g/mol. The Kier molecular flexibility index (Phi) is 7.67. The number of nitrogens with zero attached hydrogens (tertiary/aromatic N) is 2. The summed E-state index contributed by atoms with van der Waals surface area (Å²) in [6, 6.07) is 22.0. The first-order valence-electron chi connectivity index (χ1n) is 12.9. The van der Waals surface area contributed by atoms with Gasteiger partial charge in [0, 0.05) is 26.9 Å². The van der Waals surface area contributed by atoms with Crippen LogP contribution >= 0.6 is 22.6 Å². The lowest BCUT2D eigenvalue weighted by molar-refractivity contribution is -0.116. The number of ketones is 1. The summed E-state index contributed by atoms with van der Waals surface area (Å²) in [5.41, 5.74) is 13.6. The van der Waals surface area contributed by atoms with Gasteiger partial charge in [-0.3, -0.25) is 9.69 Å². The van der Waals surface area contributed by atoms with E-state index in [1.54, 1.807) is 7.11 Å². The molecule has 0 saturated heterocycles. The summed E-state index contributed by atoms with van der Waals surface area (Å²) in [5.74, 6) is 1.44.